The summed E-state index contributed by atoms with van der Waals surface area (Å²) in [5, 5.41) is 4.78. The molecule has 0 unspecified atom stereocenters. The molecule has 0 radical (unpaired) electrons. The van der Waals surface area contributed by atoms with Gasteiger partial charge in [0, 0.05) is 13.2 Å². The number of hydrogen-bond donors (Lipinski definition) is 2. The standard InChI is InChI=1S/C17H22N4O4/c1-12(2)25-9-5-8-18-17(24)20-15(22)11-21-14-7-4-3-6-13(14)19-10-16(21)23/h3-4,6-7,10,12H,5,8-9,11H2,1-2H3,(H2,18,20,22,24). The molecule has 0 spiro atoms. The average molecular weight is 346 g/mol. The first kappa shape index (κ1) is 18.6. The molecule has 2 aromatic rings. The first-order chi connectivity index (χ1) is 12.0. The number of nitrogens with one attached hydrogen (secondary N) is 2. The maximum absolute atomic E-state index is 12.0. The van der Waals surface area contributed by atoms with E-state index in [0.717, 1.165) is 6.20 Å². The van der Waals surface area contributed by atoms with E-state index in [9.17, 15) is 14.4 Å². The van der Waals surface area contributed by atoms with E-state index >= 15 is 0 Å². The second kappa shape index (κ2) is 8.93. The number of carbonyl (C=O) groups is 2. The SMILES string of the molecule is CC(C)OCCCNC(=O)NC(=O)Cn1c(=O)cnc2ccccc21. The normalized spacial score (nSPS) is 10.8. The fourth-order valence-corrected chi connectivity index (χ4v) is 2.22. The third-order valence-corrected chi connectivity index (χ3v) is 3.37. The summed E-state index contributed by atoms with van der Waals surface area (Å²) in [5.74, 6) is -0.575. The van der Waals surface area contributed by atoms with Crippen molar-refractivity contribution in [3.8, 4) is 0 Å². The van der Waals surface area contributed by atoms with Crippen LogP contribution in [-0.4, -0.2) is 40.7 Å². The van der Waals surface area contributed by atoms with Gasteiger partial charge in [-0.1, -0.05) is 12.1 Å². The lowest BCUT2D eigenvalue weighted by Crippen LogP contribution is -2.42. The maximum Gasteiger partial charge on any atom is 0.321 e. The van der Waals surface area contributed by atoms with E-state index in [1.807, 2.05) is 13.8 Å². The van der Waals surface area contributed by atoms with Gasteiger partial charge < -0.3 is 10.1 Å². The van der Waals surface area contributed by atoms with Gasteiger partial charge in [-0.3, -0.25) is 19.5 Å². The Bertz CT molecular complexity index is 801. The molecule has 1 heterocycles. The van der Waals surface area contributed by atoms with Gasteiger partial charge in [0.25, 0.3) is 5.56 Å². The summed E-state index contributed by atoms with van der Waals surface area (Å²) in [6.45, 7) is 4.53. The van der Waals surface area contributed by atoms with Crippen LogP contribution in [0.15, 0.2) is 35.3 Å². The van der Waals surface area contributed by atoms with Crippen LogP contribution in [0.4, 0.5) is 4.79 Å². The van der Waals surface area contributed by atoms with Crippen molar-refractivity contribution in [1.29, 1.82) is 0 Å². The summed E-state index contributed by atoms with van der Waals surface area (Å²) >= 11 is 0. The Morgan fingerprint density at radius 1 is 1.28 bits per heavy atom. The number of urea groups is 1. The molecule has 0 saturated carbocycles. The fraction of sp³-hybridized carbons (Fsp3) is 0.412. The summed E-state index contributed by atoms with van der Waals surface area (Å²) in [7, 11) is 0. The van der Waals surface area contributed by atoms with Crippen molar-refractivity contribution < 1.29 is 14.3 Å². The summed E-state index contributed by atoms with van der Waals surface area (Å²) < 4.78 is 6.63. The molecule has 0 fully saturated rings. The Labute approximate surface area is 145 Å². The number of benzene rings is 1. The minimum atomic E-state index is -0.596. The van der Waals surface area contributed by atoms with Crippen LogP contribution in [0.25, 0.3) is 11.0 Å². The van der Waals surface area contributed by atoms with Gasteiger partial charge in [0.05, 0.1) is 23.3 Å². The monoisotopic (exact) mass is 346 g/mol. The van der Waals surface area contributed by atoms with Gasteiger partial charge in [-0.25, -0.2) is 9.78 Å². The van der Waals surface area contributed by atoms with E-state index < -0.39 is 17.5 Å². The second-order valence-electron chi connectivity index (χ2n) is 5.75. The van der Waals surface area contributed by atoms with Crippen LogP contribution in [0.3, 0.4) is 0 Å². The van der Waals surface area contributed by atoms with Gasteiger partial charge in [-0.15, -0.1) is 0 Å². The number of ether oxygens (including phenoxy) is 1. The molecule has 0 bridgehead atoms. The molecule has 2 rings (SSSR count). The van der Waals surface area contributed by atoms with Gasteiger partial charge in [-0.05, 0) is 32.4 Å². The molecule has 3 amide bonds. The lowest BCUT2D eigenvalue weighted by molar-refractivity contribution is -0.120. The molecule has 0 saturated heterocycles. The van der Waals surface area contributed by atoms with E-state index in [1.165, 1.54) is 4.57 Å². The molecule has 8 nitrogen and oxygen atoms in total. The Morgan fingerprint density at radius 3 is 2.80 bits per heavy atom. The predicted molar refractivity (Wildman–Crippen MR) is 93.2 cm³/mol. The topological polar surface area (TPSA) is 102 Å². The van der Waals surface area contributed by atoms with E-state index in [0.29, 0.717) is 30.6 Å². The van der Waals surface area contributed by atoms with E-state index in [-0.39, 0.29) is 12.6 Å². The molecule has 0 aliphatic rings. The van der Waals surface area contributed by atoms with Gasteiger partial charge in [0.15, 0.2) is 0 Å². The molecule has 25 heavy (non-hydrogen) atoms. The Balaban J connectivity index is 1.87. The number of fused-ring (bicyclic) bond motifs is 1. The molecule has 8 heteroatoms. The highest BCUT2D eigenvalue weighted by Gasteiger charge is 2.11. The van der Waals surface area contributed by atoms with Crippen molar-refractivity contribution in [3.05, 3.63) is 40.8 Å². The molecule has 134 valence electrons. The van der Waals surface area contributed by atoms with Crippen LogP contribution in [-0.2, 0) is 16.1 Å². The molecule has 1 aromatic carbocycles. The van der Waals surface area contributed by atoms with E-state index in [2.05, 4.69) is 15.6 Å². The van der Waals surface area contributed by atoms with E-state index in [1.54, 1.807) is 24.3 Å². The quantitative estimate of drug-likeness (QED) is 0.729. The van der Waals surface area contributed by atoms with Gasteiger partial charge in [0.2, 0.25) is 5.91 Å². The van der Waals surface area contributed by atoms with Crippen molar-refractivity contribution in [3.63, 3.8) is 0 Å². The van der Waals surface area contributed by atoms with Crippen molar-refractivity contribution in [1.82, 2.24) is 20.2 Å². The number of carbonyl (C=O) groups excluding carboxylic acids is 2. The number of nitrogens with zero attached hydrogens (tertiary/aromatic N) is 2. The van der Waals surface area contributed by atoms with Crippen molar-refractivity contribution in [2.75, 3.05) is 13.2 Å². The average Bonchev–Trinajstić information content (AvgIpc) is 2.57. The zero-order valence-electron chi connectivity index (χ0n) is 14.3. The zero-order valence-corrected chi connectivity index (χ0v) is 14.3. The molecule has 2 N–H and O–H groups in total. The zero-order chi connectivity index (χ0) is 18.2. The molecular weight excluding hydrogens is 324 g/mol. The summed E-state index contributed by atoms with van der Waals surface area (Å²) in [6, 6.07) is 6.40. The molecule has 1 aromatic heterocycles. The summed E-state index contributed by atoms with van der Waals surface area (Å²) in [4.78, 5) is 39.7. The maximum atomic E-state index is 12.0. The first-order valence-corrected chi connectivity index (χ1v) is 8.11. The summed E-state index contributed by atoms with van der Waals surface area (Å²) in [6.07, 6.45) is 1.95. The van der Waals surface area contributed by atoms with Gasteiger partial charge >= 0.3 is 6.03 Å². The minimum absolute atomic E-state index is 0.143. The number of hydrogen-bond acceptors (Lipinski definition) is 5. The van der Waals surface area contributed by atoms with Crippen LogP contribution in [0, 0.1) is 0 Å². The number of rotatable bonds is 7. The van der Waals surface area contributed by atoms with Gasteiger partial charge in [0.1, 0.15) is 6.54 Å². The largest absolute Gasteiger partial charge is 0.379 e. The molecule has 0 atom stereocenters. The highest BCUT2D eigenvalue weighted by molar-refractivity contribution is 5.94. The molecule has 0 aliphatic carbocycles. The summed E-state index contributed by atoms with van der Waals surface area (Å²) in [5.41, 5.74) is 0.737. The van der Waals surface area contributed by atoms with Crippen LogP contribution >= 0.6 is 0 Å². The van der Waals surface area contributed by atoms with Crippen molar-refractivity contribution >= 4 is 23.0 Å². The smallest absolute Gasteiger partial charge is 0.321 e. The third kappa shape index (κ3) is 5.68. The first-order valence-electron chi connectivity index (χ1n) is 8.11. The van der Waals surface area contributed by atoms with Crippen LogP contribution in [0.1, 0.15) is 20.3 Å². The van der Waals surface area contributed by atoms with Crippen LogP contribution in [0.2, 0.25) is 0 Å². The number of amides is 3. The minimum Gasteiger partial charge on any atom is -0.379 e. The lowest BCUT2D eigenvalue weighted by atomic mass is 10.3. The van der Waals surface area contributed by atoms with Crippen LogP contribution < -0.4 is 16.2 Å². The third-order valence-electron chi connectivity index (χ3n) is 3.37. The van der Waals surface area contributed by atoms with E-state index in [4.69, 9.17) is 4.74 Å². The van der Waals surface area contributed by atoms with Crippen molar-refractivity contribution in [2.24, 2.45) is 0 Å². The predicted octanol–water partition coefficient (Wildman–Crippen LogP) is 1.04. The Kier molecular flexibility index (Phi) is 6.64. The Hall–Kier alpha value is -2.74. The van der Waals surface area contributed by atoms with Crippen LogP contribution in [0.5, 0.6) is 0 Å². The number of para-hydroxylation sites is 2. The Morgan fingerprint density at radius 2 is 2.04 bits per heavy atom. The molecular formula is C17H22N4O4. The highest BCUT2D eigenvalue weighted by Crippen LogP contribution is 2.07. The highest BCUT2D eigenvalue weighted by atomic mass is 16.5. The number of imide groups is 1. The second-order valence-corrected chi connectivity index (χ2v) is 5.75. The lowest BCUT2D eigenvalue weighted by Gasteiger charge is -2.10. The fourth-order valence-electron chi connectivity index (χ4n) is 2.22. The van der Waals surface area contributed by atoms with Crippen molar-refractivity contribution in [2.45, 2.75) is 32.9 Å². The molecule has 0 aliphatic heterocycles. The van der Waals surface area contributed by atoms with Gasteiger partial charge in [-0.2, -0.15) is 0 Å². The number of aromatic nitrogens is 2.